The molecule has 4 heteroatoms. The monoisotopic (exact) mass is 299 g/mol. The summed E-state index contributed by atoms with van der Waals surface area (Å²) in [6, 6.07) is 16.8. The summed E-state index contributed by atoms with van der Waals surface area (Å²) in [6.45, 7) is 3.68. The van der Waals surface area contributed by atoms with Crippen LogP contribution in [0, 0.1) is 0 Å². The Bertz CT molecular complexity index is 595. The topological polar surface area (TPSA) is 47.6 Å². The SMILES string of the molecule is COc1ccc(C(C)NC(=O)C(C)Oc2ccccc2)cc1. The van der Waals surface area contributed by atoms with E-state index in [0.717, 1.165) is 11.3 Å². The molecule has 2 unspecified atom stereocenters. The van der Waals surface area contributed by atoms with E-state index in [0.29, 0.717) is 5.75 Å². The van der Waals surface area contributed by atoms with Gasteiger partial charge in [0, 0.05) is 0 Å². The molecule has 116 valence electrons. The van der Waals surface area contributed by atoms with Crippen molar-refractivity contribution in [3.63, 3.8) is 0 Å². The van der Waals surface area contributed by atoms with Crippen LogP contribution in [0.5, 0.6) is 11.5 Å². The van der Waals surface area contributed by atoms with Crippen molar-refractivity contribution >= 4 is 5.91 Å². The Morgan fingerprint density at radius 1 is 0.955 bits per heavy atom. The van der Waals surface area contributed by atoms with Crippen LogP contribution >= 0.6 is 0 Å². The van der Waals surface area contributed by atoms with Crippen LogP contribution < -0.4 is 14.8 Å². The highest BCUT2D eigenvalue weighted by Crippen LogP contribution is 2.18. The van der Waals surface area contributed by atoms with Crippen molar-refractivity contribution in [3.05, 3.63) is 60.2 Å². The minimum absolute atomic E-state index is 0.0970. The summed E-state index contributed by atoms with van der Waals surface area (Å²) in [6.07, 6.45) is -0.553. The van der Waals surface area contributed by atoms with E-state index < -0.39 is 6.10 Å². The van der Waals surface area contributed by atoms with E-state index in [2.05, 4.69) is 5.32 Å². The molecule has 0 aromatic heterocycles. The van der Waals surface area contributed by atoms with E-state index in [1.54, 1.807) is 14.0 Å². The molecule has 1 N–H and O–H groups in total. The van der Waals surface area contributed by atoms with Gasteiger partial charge in [0.2, 0.25) is 0 Å². The molecule has 0 bridgehead atoms. The number of benzene rings is 2. The van der Waals surface area contributed by atoms with Gasteiger partial charge < -0.3 is 14.8 Å². The lowest BCUT2D eigenvalue weighted by Crippen LogP contribution is -2.37. The van der Waals surface area contributed by atoms with E-state index in [1.807, 2.05) is 61.5 Å². The molecule has 2 aromatic carbocycles. The number of carbonyl (C=O) groups excluding carboxylic acids is 1. The van der Waals surface area contributed by atoms with E-state index in [1.165, 1.54) is 0 Å². The zero-order valence-corrected chi connectivity index (χ0v) is 13.1. The second-order valence-corrected chi connectivity index (χ2v) is 5.08. The highest BCUT2D eigenvalue weighted by molar-refractivity contribution is 5.81. The van der Waals surface area contributed by atoms with Gasteiger partial charge in [-0.05, 0) is 43.7 Å². The third-order valence-electron chi connectivity index (χ3n) is 3.40. The minimum atomic E-state index is -0.553. The van der Waals surface area contributed by atoms with Crippen LogP contribution in [0.1, 0.15) is 25.5 Å². The zero-order valence-electron chi connectivity index (χ0n) is 13.1. The maximum absolute atomic E-state index is 12.2. The molecule has 22 heavy (non-hydrogen) atoms. The Morgan fingerprint density at radius 3 is 2.18 bits per heavy atom. The Kier molecular flexibility index (Phi) is 5.42. The number of hydrogen-bond donors (Lipinski definition) is 1. The van der Waals surface area contributed by atoms with Crippen molar-refractivity contribution < 1.29 is 14.3 Å². The molecule has 0 spiro atoms. The van der Waals surface area contributed by atoms with Crippen LogP contribution in [-0.2, 0) is 4.79 Å². The fourth-order valence-corrected chi connectivity index (χ4v) is 2.06. The third kappa shape index (κ3) is 4.25. The van der Waals surface area contributed by atoms with Crippen LogP contribution in [0.15, 0.2) is 54.6 Å². The normalized spacial score (nSPS) is 13.0. The number of methoxy groups -OCH3 is 1. The van der Waals surface area contributed by atoms with Crippen LogP contribution in [-0.4, -0.2) is 19.1 Å². The molecule has 0 aliphatic heterocycles. The smallest absolute Gasteiger partial charge is 0.261 e. The first-order chi connectivity index (χ1) is 10.6. The van der Waals surface area contributed by atoms with Gasteiger partial charge in [0.15, 0.2) is 6.10 Å². The summed E-state index contributed by atoms with van der Waals surface area (Å²) in [5.74, 6) is 1.33. The molecular weight excluding hydrogens is 278 g/mol. The Morgan fingerprint density at radius 2 is 1.59 bits per heavy atom. The molecule has 0 aliphatic rings. The predicted molar refractivity (Wildman–Crippen MR) is 86.1 cm³/mol. The number of nitrogens with one attached hydrogen (secondary N) is 1. The van der Waals surface area contributed by atoms with Crippen molar-refractivity contribution in [3.8, 4) is 11.5 Å². The lowest BCUT2D eigenvalue weighted by atomic mass is 10.1. The summed E-state index contributed by atoms with van der Waals surface area (Å²) in [5.41, 5.74) is 1.01. The van der Waals surface area contributed by atoms with Gasteiger partial charge in [0.1, 0.15) is 11.5 Å². The third-order valence-corrected chi connectivity index (χ3v) is 3.40. The summed E-state index contributed by atoms with van der Waals surface area (Å²) >= 11 is 0. The Labute approximate surface area is 131 Å². The van der Waals surface area contributed by atoms with Crippen LogP contribution in [0.3, 0.4) is 0 Å². The van der Waals surface area contributed by atoms with Gasteiger partial charge in [-0.25, -0.2) is 0 Å². The van der Waals surface area contributed by atoms with Gasteiger partial charge in [0.25, 0.3) is 5.91 Å². The fourth-order valence-electron chi connectivity index (χ4n) is 2.06. The van der Waals surface area contributed by atoms with Gasteiger partial charge in [-0.1, -0.05) is 30.3 Å². The molecular formula is C18H21NO3. The molecule has 4 nitrogen and oxygen atoms in total. The van der Waals surface area contributed by atoms with Crippen molar-refractivity contribution in [2.75, 3.05) is 7.11 Å². The molecule has 0 radical (unpaired) electrons. The lowest BCUT2D eigenvalue weighted by molar-refractivity contribution is -0.127. The second kappa shape index (κ2) is 7.50. The number of carbonyl (C=O) groups is 1. The van der Waals surface area contributed by atoms with E-state index in [4.69, 9.17) is 9.47 Å². The molecule has 0 saturated heterocycles. The van der Waals surface area contributed by atoms with Crippen molar-refractivity contribution in [1.82, 2.24) is 5.32 Å². The number of amides is 1. The molecule has 2 aromatic rings. The Hall–Kier alpha value is -2.49. The first kappa shape index (κ1) is 15.9. The van der Waals surface area contributed by atoms with E-state index >= 15 is 0 Å². The fraction of sp³-hybridized carbons (Fsp3) is 0.278. The predicted octanol–water partition coefficient (Wildman–Crippen LogP) is 3.34. The average Bonchev–Trinajstić information content (AvgIpc) is 2.55. The van der Waals surface area contributed by atoms with Gasteiger partial charge in [-0.3, -0.25) is 4.79 Å². The van der Waals surface area contributed by atoms with Crippen LogP contribution in [0.2, 0.25) is 0 Å². The highest BCUT2D eigenvalue weighted by Gasteiger charge is 2.17. The average molecular weight is 299 g/mol. The maximum Gasteiger partial charge on any atom is 0.261 e. The molecule has 2 atom stereocenters. The molecule has 2 rings (SSSR count). The molecule has 0 saturated carbocycles. The first-order valence-corrected chi connectivity index (χ1v) is 7.26. The van der Waals surface area contributed by atoms with Crippen LogP contribution in [0.25, 0.3) is 0 Å². The van der Waals surface area contributed by atoms with Gasteiger partial charge >= 0.3 is 0 Å². The second-order valence-electron chi connectivity index (χ2n) is 5.08. The van der Waals surface area contributed by atoms with Crippen molar-refractivity contribution in [2.45, 2.75) is 26.0 Å². The number of rotatable bonds is 6. The maximum atomic E-state index is 12.2. The van der Waals surface area contributed by atoms with E-state index in [9.17, 15) is 4.79 Å². The largest absolute Gasteiger partial charge is 0.497 e. The van der Waals surface area contributed by atoms with E-state index in [-0.39, 0.29) is 11.9 Å². The van der Waals surface area contributed by atoms with Crippen molar-refractivity contribution in [1.29, 1.82) is 0 Å². The summed E-state index contributed by atoms with van der Waals surface area (Å²) in [7, 11) is 1.63. The van der Waals surface area contributed by atoms with Gasteiger partial charge in [-0.15, -0.1) is 0 Å². The van der Waals surface area contributed by atoms with Crippen molar-refractivity contribution in [2.24, 2.45) is 0 Å². The zero-order chi connectivity index (χ0) is 15.9. The quantitative estimate of drug-likeness (QED) is 0.890. The first-order valence-electron chi connectivity index (χ1n) is 7.26. The molecule has 0 heterocycles. The lowest BCUT2D eigenvalue weighted by Gasteiger charge is -2.19. The molecule has 1 amide bonds. The number of ether oxygens (including phenoxy) is 2. The molecule has 0 aliphatic carbocycles. The standard InChI is InChI=1S/C18H21NO3/c1-13(15-9-11-16(21-3)12-10-15)19-18(20)14(2)22-17-7-5-4-6-8-17/h4-14H,1-3H3,(H,19,20). The minimum Gasteiger partial charge on any atom is -0.497 e. The number of para-hydroxylation sites is 1. The highest BCUT2D eigenvalue weighted by atomic mass is 16.5. The summed E-state index contributed by atoms with van der Waals surface area (Å²) in [4.78, 5) is 12.2. The molecule has 0 fully saturated rings. The van der Waals surface area contributed by atoms with Gasteiger partial charge in [0.05, 0.1) is 13.2 Å². The Balaban J connectivity index is 1.92. The number of hydrogen-bond acceptors (Lipinski definition) is 3. The van der Waals surface area contributed by atoms with Crippen LogP contribution in [0.4, 0.5) is 0 Å². The summed E-state index contributed by atoms with van der Waals surface area (Å²) < 4.78 is 10.7. The summed E-state index contributed by atoms with van der Waals surface area (Å²) in [5, 5.41) is 2.95. The van der Waals surface area contributed by atoms with Gasteiger partial charge in [-0.2, -0.15) is 0 Å².